The van der Waals surface area contributed by atoms with Gasteiger partial charge in [-0.2, -0.15) is 5.10 Å². The number of nitrogens with one attached hydrogen (secondary N) is 1. The number of aryl methyl sites for hydroxylation is 1. The fourth-order valence-corrected chi connectivity index (χ4v) is 5.46. The third-order valence-electron chi connectivity index (χ3n) is 5.88. The van der Waals surface area contributed by atoms with Gasteiger partial charge in [0.1, 0.15) is 5.60 Å². The Hall–Kier alpha value is -1.70. The Morgan fingerprint density at radius 3 is 2.89 bits per heavy atom. The quantitative estimate of drug-likeness (QED) is 0.875. The molecule has 7 heteroatoms. The lowest BCUT2D eigenvalue weighted by Crippen LogP contribution is -2.45. The molecule has 2 aliphatic heterocycles. The zero-order valence-corrected chi connectivity index (χ0v) is 17.1. The van der Waals surface area contributed by atoms with Crippen molar-refractivity contribution >= 4 is 17.2 Å². The zero-order chi connectivity index (χ0) is 19.0. The highest BCUT2D eigenvalue weighted by atomic mass is 32.1. The first-order chi connectivity index (χ1) is 13.0. The van der Waals surface area contributed by atoms with Crippen LogP contribution in [-0.2, 0) is 23.8 Å². The summed E-state index contributed by atoms with van der Waals surface area (Å²) in [7, 11) is 1.88. The fourth-order valence-electron chi connectivity index (χ4n) is 4.15. The monoisotopic (exact) mass is 388 g/mol. The van der Waals surface area contributed by atoms with E-state index in [1.807, 2.05) is 20.2 Å². The molecule has 0 aromatic carbocycles. The summed E-state index contributed by atoms with van der Waals surface area (Å²) < 4.78 is 8.07. The molecule has 1 fully saturated rings. The molecule has 1 spiro atoms. The summed E-state index contributed by atoms with van der Waals surface area (Å²) in [6, 6.07) is 2.02. The van der Waals surface area contributed by atoms with Gasteiger partial charge >= 0.3 is 0 Å². The van der Waals surface area contributed by atoms with Gasteiger partial charge in [0.15, 0.2) is 0 Å². The number of fused-ring (bicyclic) bond motifs is 2. The summed E-state index contributed by atoms with van der Waals surface area (Å²) in [4.78, 5) is 17.4. The highest BCUT2D eigenvalue weighted by Gasteiger charge is 2.42. The molecule has 2 aliphatic rings. The van der Waals surface area contributed by atoms with Gasteiger partial charge in [-0.25, -0.2) is 0 Å². The molecule has 0 radical (unpaired) electrons. The van der Waals surface area contributed by atoms with E-state index in [1.54, 1.807) is 22.2 Å². The smallest absolute Gasteiger partial charge is 0.261 e. The highest BCUT2D eigenvalue weighted by molar-refractivity contribution is 7.14. The molecule has 2 aromatic rings. The summed E-state index contributed by atoms with van der Waals surface area (Å²) in [6.45, 7) is 8.17. The van der Waals surface area contributed by atoms with Crippen molar-refractivity contribution in [1.29, 1.82) is 0 Å². The summed E-state index contributed by atoms with van der Waals surface area (Å²) in [6.07, 6.45) is 6.67. The first-order valence-corrected chi connectivity index (χ1v) is 10.6. The van der Waals surface area contributed by atoms with Gasteiger partial charge < -0.3 is 15.0 Å². The Kier molecular flexibility index (Phi) is 5.09. The average Bonchev–Trinajstić information content (AvgIpc) is 3.30. The molecule has 1 saturated heterocycles. The van der Waals surface area contributed by atoms with Gasteiger partial charge in [-0.1, -0.05) is 6.92 Å². The molecular weight excluding hydrogens is 360 g/mol. The van der Waals surface area contributed by atoms with E-state index < -0.39 is 0 Å². The van der Waals surface area contributed by atoms with Crippen LogP contribution in [0.4, 0.5) is 0 Å². The molecule has 27 heavy (non-hydrogen) atoms. The zero-order valence-electron chi connectivity index (χ0n) is 16.3. The molecule has 1 N–H and O–H groups in total. The molecule has 0 aliphatic carbocycles. The number of thiophene rings is 1. The Morgan fingerprint density at radius 2 is 2.22 bits per heavy atom. The first-order valence-electron chi connectivity index (χ1n) is 9.79. The molecule has 6 nitrogen and oxygen atoms in total. The maximum absolute atomic E-state index is 12.8. The normalized spacial score (nSPS) is 20.4. The van der Waals surface area contributed by atoms with E-state index in [0.29, 0.717) is 0 Å². The third kappa shape index (κ3) is 3.56. The summed E-state index contributed by atoms with van der Waals surface area (Å²) in [5.41, 5.74) is 2.13. The number of ether oxygens (including phenoxy) is 1. The van der Waals surface area contributed by atoms with Gasteiger partial charge in [-0.15, -0.1) is 11.3 Å². The summed E-state index contributed by atoms with van der Waals surface area (Å²) in [5, 5.41) is 7.30. The largest absolute Gasteiger partial charge is 0.369 e. The molecule has 146 valence electrons. The van der Waals surface area contributed by atoms with E-state index in [2.05, 4.69) is 28.3 Å². The lowest BCUT2D eigenvalue weighted by atomic mass is 9.85. The van der Waals surface area contributed by atoms with Crippen molar-refractivity contribution in [2.24, 2.45) is 7.05 Å². The Bertz CT molecular complexity index is 820. The minimum Gasteiger partial charge on any atom is -0.369 e. The number of piperidine rings is 1. The van der Waals surface area contributed by atoms with E-state index in [-0.39, 0.29) is 17.6 Å². The fraction of sp³-hybridized carbons (Fsp3) is 0.600. The number of amides is 1. The van der Waals surface area contributed by atoms with Crippen LogP contribution in [0.1, 0.15) is 58.4 Å². The van der Waals surface area contributed by atoms with E-state index in [0.717, 1.165) is 55.9 Å². The van der Waals surface area contributed by atoms with Crippen molar-refractivity contribution in [3.05, 3.63) is 39.3 Å². The Morgan fingerprint density at radius 1 is 1.44 bits per heavy atom. The van der Waals surface area contributed by atoms with Gasteiger partial charge in [0.25, 0.3) is 5.91 Å². The number of likely N-dealkylation sites (tertiary alicyclic amines) is 1. The van der Waals surface area contributed by atoms with Crippen LogP contribution in [0.15, 0.2) is 18.5 Å². The van der Waals surface area contributed by atoms with Crippen molar-refractivity contribution in [1.82, 2.24) is 20.0 Å². The van der Waals surface area contributed by atoms with Crippen LogP contribution in [0, 0.1) is 0 Å². The maximum atomic E-state index is 12.8. The number of aromatic nitrogens is 2. The number of nitrogens with zero attached hydrogens (tertiary/aromatic N) is 3. The van der Waals surface area contributed by atoms with E-state index in [1.165, 1.54) is 10.4 Å². The number of carbonyl (C=O) groups is 1. The molecule has 1 unspecified atom stereocenters. The predicted molar refractivity (Wildman–Crippen MR) is 106 cm³/mol. The molecule has 0 bridgehead atoms. The second kappa shape index (κ2) is 7.37. The van der Waals surface area contributed by atoms with Gasteiger partial charge in [-0.3, -0.25) is 9.48 Å². The van der Waals surface area contributed by atoms with Crippen molar-refractivity contribution in [3.63, 3.8) is 0 Å². The lowest BCUT2D eigenvalue weighted by Gasteiger charge is -2.43. The van der Waals surface area contributed by atoms with E-state index in [4.69, 9.17) is 4.74 Å². The maximum Gasteiger partial charge on any atom is 0.261 e. The van der Waals surface area contributed by atoms with Crippen LogP contribution in [0.3, 0.4) is 0 Å². The van der Waals surface area contributed by atoms with Crippen molar-refractivity contribution in [2.45, 2.75) is 44.8 Å². The first kappa shape index (κ1) is 18.7. The molecule has 1 atom stereocenters. The van der Waals surface area contributed by atoms with Gasteiger partial charge in [-0.05, 0) is 44.4 Å². The predicted octanol–water partition coefficient (Wildman–Crippen LogP) is 2.86. The van der Waals surface area contributed by atoms with Crippen molar-refractivity contribution in [2.75, 3.05) is 26.2 Å². The van der Waals surface area contributed by atoms with Crippen LogP contribution in [-0.4, -0.2) is 46.8 Å². The topological polar surface area (TPSA) is 59.4 Å². The van der Waals surface area contributed by atoms with Crippen LogP contribution >= 0.6 is 11.3 Å². The molecule has 4 rings (SSSR count). The second-order valence-corrected chi connectivity index (χ2v) is 8.69. The van der Waals surface area contributed by atoms with Crippen LogP contribution in [0.25, 0.3) is 0 Å². The molecule has 1 amide bonds. The molecule has 4 heterocycles. The molecular formula is C20H28N4O2S. The van der Waals surface area contributed by atoms with Crippen molar-refractivity contribution in [3.8, 4) is 0 Å². The number of hydrogen-bond donors (Lipinski definition) is 1. The Balaban J connectivity index is 1.52. The average molecular weight is 389 g/mol. The van der Waals surface area contributed by atoms with Crippen molar-refractivity contribution < 1.29 is 9.53 Å². The van der Waals surface area contributed by atoms with Crippen LogP contribution in [0.2, 0.25) is 0 Å². The van der Waals surface area contributed by atoms with E-state index >= 15 is 0 Å². The van der Waals surface area contributed by atoms with Gasteiger partial charge in [0.2, 0.25) is 0 Å². The standard InChI is InChI=1S/C20H28N4O2S/c1-4-24-8-6-20(7-9-24)18-15(5-10-26-20)11-17(27-18)19(25)22-14(2)16-12-21-23(3)13-16/h11-14H,4-10H2,1-3H3,(H,22,25). The third-order valence-corrected chi connectivity index (χ3v) is 7.24. The van der Waals surface area contributed by atoms with Gasteiger partial charge in [0, 0.05) is 36.8 Å². The number of carbonyl (C=O) groups excluding carboxylic acids is 1. The number of hydrogen-bond acceptors (Lipinski definition) is 5. The minimum absolute atomic E-state index is 0.00750. The summed E-state index contributed by atoms with van der Waals surface area (Å²) >= 11 is 1.62. The minimum atomic E-state index is -0.183. The van der Waals surface area contributed by atoms with Gasteiger partial charge in [0.05, 0.1) is 23.7 Å². The van der Waals surface area contributed by atoms with Crippen LogP contribution in [0.5, 0.6) is 0 Å². The SMILES string of the molecule is CCN1CCC2(CC1)OCCc1cc(C(=O)NC(C)c3cnn(C)c3)sc12. The summed E-state index contributed by atoms with van der Waals surface area (Å²) in [5.74, 6) is -0.00750. The lowest BCUT2D eigenvalue weighted by molar-refractivity contribution is -0.0944. The van der Waals surface area contributed by atoms with Crippen LogP contribution < -0.4 is 5.32 Å². The van der Waals surface area contributed by atoms with E-state index in [9.17, 15) is 4.79 Å². The molecule has 2 aromatic heterocycles. The number of rotatable bonds is 4. The highest BCUT2D eigenvalue weighted by Crippen LogP contribution is 2.45. The molecule has 0 saturated carbocycles. The Labute approximate surface area is 164 Å². The second-order valence-electron chi connectivity index (χ2n) is 7.63.